The van der Waals surface area contributed by atoms with Crippen LogP contribution in [0.3, 0.4) is 0 Å². The van der Waals surface area contributed by atoms with Gasteiger partial charge in [0, 0.05) is 18.0 Å². The number of nitrogens with one attached hydrogen (secondary N) is 1. The van der Waals surface area contributed by atoms with Crippen molar-refractivity contribution in [1.82, 2.24) is 5.32 Å². The molecule has 1 fully saturated rings. The summed E-state index contributed by atoms with van der Waals surface area (Å²) in [5, 5.41) is 3.42. The van der Waals surface area contributed by atoms with Gasteiger partial charge in [0.1, 0.15) is 0 Å². The van der Waals surface area contributed by atoms with Crippen molar-refractivity contribution >= 4 is 5.91 Å². The summed E-state index contributed by atoms with van der Waals surface area (Å²) in [6.07, 6.45) is 2.97. The maximum Gasteiger partial charge on any atom is 0.220 e. The fourth-order valence-electron chi connectivity index (χ4n) is 1.86. The molecule has 70 valence electrons. The van der Waals surface area contributed by atoms with E-state index in [-0.39, 0.29) is 11.8 Å². The monoisotopic (exact) mass is 170 g/mol. The molecule has 3 nitrogen and oxygen atoms in total. The molecule has 2 atom stereocenters. The van der Waals surface area contributed by atoms with Crippen molar-refractivity contribution in [2.75, 3.05) is 0 Å². The Labute approximate surface area is 73.7 Å². The third-order valence-corrected chi connectivity index (χ3v) is 2.40. The molecule has 0 radical (unpaired) electrons. The molecular weight excluding hydrogens is 152 g/mol. The average molecular weight is 170 g/mol. The molecule has 0 aromatic carbocycles. The molecule has 0 spiro atoms. The van der Waals surface area contributed by atoms with Crippen LogP contribution >= 0.6 is 0 Å². The molecule has 0 bridgehead atoms. The molecule has 0 heterocycles. The van der Waals surface area contributed by atoms with Gasteiger partial charge in [-0.2, -0.15) is 0 Å². The van der Waals surface area contributed by atoms with E-state index in [1.807, 2.05) is 0 Å². The first-order valence-electron chi connectivity index (χ1n) is 4.65. The Hall–Kier alpha value is -0.570. The first kappa shape index (κ1) is 9.52. The predicted molar refractivity (Wildman–Crippen MR) is 48.6 cm³/mol. The van der Waals surface area contributed by atoms with Gasteiger partial charge in [0.25, 0.3) is 0 Å². The van der Waals surface area contributed by atoms with Crippen LogP contribution in [-0.2, 0) is 4.79 Å². The molecule has 3 N–H and O–H groups in total. The van der Waals surface area contributed by atoms with E-state index in [1.165, 1.54) is 0 Å². The highest BCUT2D eigenvalue weighted by molar-refractivity contribution is 5.76. The van der Waals surface area contributed by atoms with Crippen molar-refractivity contribution in [2.45, 2.75) is 45.2 Å². The van der Waals surface area contributed by atoms with E-state index in [9.17, 15) is 4.79 Å². The summed E-state index contributed by atoms with van der Waals surface area (Å²) in [5.41, 5.74) is 5.22. The number of carbonyl (C=O) groups is 1. The van der Waals surface area contributed by atoms with Gasteiger partial charge in [-0.05, 0) is 19.3 Å². The Bertz CT molecular complexity index is 168. The summed E-state index contributed by atoms with van der Waals surface area (Å²) in [4.78, 5) is 10.8. The number of carbonyl (C=O) groups excluding carboxylic acids is 1. The van der Waals surface area contributed by atoms with Crippen LogP contribution in [0.1, 0.15) is 33.1 Å². The van der Waals surface area contributed by atoms with Crippen LogP contribution in [0.4, 0.5) is 0 Å². The molecule has 0 aliphatic heterocycles. The summed E-state index contributed by atoms with van der Waals surface area (Å²) in [6, 6.07) is 1.00. The van der Waals surface area contributed by atoms with Crippen molar-refractivity contribution in [3.8, 4) is 0 Å². The van der Waals surface area contributed by atoms with Gasteiger partial charge < -0.3 is 11.1 Å². The highest BCUT2D eigenvalue weighted by Crippen LogP contribution is 2.25. The van der Waals surface area contributed by atoms with E-state index in [1.54, 1.807) is 0 Å². The van der Waals surface area contributed by atoms with Gasteiger partial charge in [-0.1, -0.05) is 13.8 Å². The van der Waals surface area contributed by atoms with Crippen molar-refractivity contribution in [3.05, 3.63) is 0 Å². The van der Waals surface area contributed by atoms with E-state index < -0.39 is 0 Å². The average Bonchev–Trinajstić information content (AvgIpc) is 2.34. The standard InChI is InChI=1S/C9H18N2O/c1-6(2)11-8-4-3-7(5-8)9(10)12/h6-8,11H,3-5H2,1-2H3,(H2,10,12)/t7-,8-/m1/s1. The summed E-state index contributed by atoms with van der Waals surface area (Å²) in [7, 11) is 0. The van der Waals surface area contributed by atoms with Crippen molar-refractivity contribution < 1.29 is 4.79 Å². The van der Waals surface area contributed by atoms with E-state index in [2.05, 4.69) is 19.2 Å². The first-order valence-corrected chi connectivity index (χ1v) is 4.65. The molecule has 1 aliphatic rings. The molecule has 0 aromatic rings. The normalized spacial score (nSPS) is 29.6. The molecule has 0 unspecified atom stereocenters. The number of hydrogen-bond donors (Lipinski definition) is 2. The molecule has 1 rings (SSSR count). The van der Waals surface area contributed by atoms with Crippen molar-refractivity contribution in [2.24, 2.45) is 11.7 Å². The van der Waals surface area contributed by atoms with E-state index in [0.29, 0.717) is 12.1 Å². The second-order valence-corrected chi connectivity index (χ2v) is 3.93. The first-order chi connectivity index (χ1) is 5.59. The summed E-state index contributed by atoms with van der Waals surface area (Å²) >= 11 is 0. The lowest BCUT2D eigenvalue weighted by Crippen LogP contribution is -2.33. The van der Waals surface area contributed by atoms with Crippen LogP contribution in [-0.4, -0.2) is 18.0 Å². The largest absolute Gasteiger partial charge is 0.369 e. The van der Waals surface area contributed by atoms with Gasteiger partial charge in [0.15, 0.2) is 0 Å². The second kappa shape index (κ2) is 3.90. The second-order valence-electron chi connectivity index (χ2n) is 3.93. The molecule has 12 heavy (non-hydrogen) atoms. The van der Waals surface area contributed by atoms with E-state index in [4.69, 9.17) is 5.73 Å². The van der Waals surface area contributed by atoms with Gasteiger partial charge >= 0.3 is 0 Å². The lowest BCUT2D eigenvalue weighted by molar-refractivity contribution is -0.121. The van der Waals surface area contributed by atoms with Crippen LogP contribution in [0.15, 0.2) is 0 Å². The molecular formula is C9H18N2O. The molecule has 1 amide bonds. The Morgan fingerprint density at radius 3 is 2.58 bits per heavy atom. The Kier molecular flexibility index (Phi) is 3.09. The van der Waals surface area contributed by atoms with Crippen molar-refractivity contribution in [1.29, 1.82) is 0 Å². The van der Waals surface area contributed by atoms with Crippen molar-refractivity contribution in [3.63, 3.8) is 0 Å². The molecule has 0 aromatic heterocycles. The highest BCUT2D eigenvalue weighted by atomic mass is 16.1. The maximum atomic E-state index is 10.8. The molecule has 0 saturated heterocycles. The minimum Gasteiger partial charge on any atom is -0.369 e. The van der Waals surface area contributed by atoms with E-state index >= 15 is 0 Å². The quantitative estimate of drug-likeness (QED) is 0.653. The van der Waals surface area contributed by atoms with Crippen LogP contribution < -0.4 is 11.1 Å². The molecule has 1 aliphatic carbocycles. The zero-order valence-corrected chi connectivity index (χ0v) is 7.84. The molecule has 1 saturated carbocycles. The van der Waals surface area contributed by atoms with Gasteiger partial charge in [-0.3, -0.25) is 4.79 Å². The smallest absolute Gasteiger partial charge is 0.220 e. The predicted octanol–water partition coefficient (Wildman–Crippen LogP) is 0.638. The van der Waals surface area contributed by atoms with Gasteiger partial charge in [-0.25, -0.2) is 0 Å². The van der Waals surface area contributed by atoms with Crippen LogP contribution in [0, 0.1) is 5.92 Å². The number of amides is 1. The lowest BCUT2D eigenvalue weighted by Gasteiger charge is -2.15. The zero-order chi connectivity index (χ0) is 9.14. The van der Waals surface area contributed by atoms with Gasteiger partial charge in [0.05, 0.1) is 0 Å². The summed E-state index contributed by atoms with van der Waals surface area (Å²) in [6.45, 7) is 4.25. The maximum absolute atomic E-state index is 10.8. The van der Waals surface area contributed by atoms with E-state index in [0.717, 1.165) is 19.3 Å². The van der Waals surface area contributed by atoms with Gasteiger partial charge in [0.2, 0.25) is 5.91 Å². The van der Waals surface area contributed by atoms with Crippen LogP contribution in [0.5, 0.6) is 0 Å². The topological polar surface area (TPSA) is 55.1 Å². The van der Waals surface area contributed by atoms with Crippen LogP contribution in [0.25, 0.3) is 0 Å². The number of primary amides is 1. The zero-order valence-electron chi connectivity index (χ0n) is 7.84. The number of hydrogen-bond acceptors (Lipinski definition) is 2. The van der Waals surface area contributed by atoms with Crippen LogP contribution in [0.2, 0.25) is 0 Å². The third kappa shape index (κ3) is 2.48. The summed E-state index contributed by atoms with van der Waals surface area (Å²) in [5.74, 6) is -0.0238. The Morgan fingerprint density at radius 1 is 1.50 bits per heavy atom. The number of rotatable bonds is 3. The third-order valence-electron chi connectivity index (χ3n) is 2.40. The van der Waals surface area contributed by atoms with Gasteiger partial charge in [-0.15, -0.1) is 0 Å². The highest BCUT2D eigenvalue weighted by Gasteiger charge is 2.28. The Balaban J connectivity index is 2.30. The lowest BCUT2D eigenvalue weighted by atomic mass is 10.1. The molecule has 3 heteroatoms. The number of nitrogens with two attached hydrogens (primary N) is 1. The minimum absolute atomic E-state index is 0.112. The fourth-order valence-corrected chi connectivity index (χ4v) is 1.86. The SMILES string of the molecule is CC(C)N[C@@H]1CC[C@@H](C(N)=O)C1. The minimum atomic E-state index is -0.136. The Morgan fingerprint density at radius 2 is 2.17 bits per heavy atom. The fraction of sp³-hybridized carbons (Fsp3) is 0.889. The summed E-state index contributed by atoms with van der Waals surface area (Å²) < 4.78 is 0.